The minimum atomic E-state index is 0.261. The maximum absolute atomic E-state index is 6.04. The van der Waals surface area contributed by atoms with Gasteiger partial charge in [0.15, 0.2) is 0 Å². The molecule has 1 aliphatic heterocycles. The van der Waals surface area contributed by atoms with Crippen LogP contribution < -0.4 is 4.74 Å². The van der Waals surface area contributed by atoms with Crippen LogP contribution in [0.25, 0.3) is 0 Å². The van der Waals surface area contributed by atoms with E-state index in [9.17, 15) is 0 Å². The molecular formula is C19H26N2O2. The third-order valence-electron chi connectivity index (χ3n) is 4.18. The highest BCUT2D eigenvalue weighted by Crippen LogP contribution is 2.21. The van der Waals surface area contributed by atoms with Crippen LogP contribution in [-0.2, 0) is 24.3 Å². The highest BCUT2D eigenvalue weighted by Gasteiger charge is 2.18. The van der Waals surface area contributed by atoms with Gasteiger partial charge in [0, 0.05) is 12.7 Å². The van der Waals surface area contributed by atoms with E-state index in [1.807, 2.05) is 22.9 Å². The van der Waals surface area contributed by atoms with Gasteiger partial charge in [-0.25, -0.2) is 4.68 Å². The quantitative estimate of drug-likeness (QED) is 0.775. The van der Waals surface area contributed by atoms with Crippen molar-refractivity contribution in [3.8, 4) is 5.88 Å². The van der Waals surface area contributed by atoms with Gasteiger partial charge in [-0.2, -0.15) is 5.10 Å². The summed E-state index contributed by atoms with van der Waals surface area (Å²) in [5.41, 5.74) is 2.28. The SMILES string of the molecule is CCCc1cc(OCc2ccccc2)n(CC2CCCCO2)n1. The van der Waals surface area contributed by atoms with Crippen LogP contribution in [0.3, 0.4) is 0 Å². The number of hydrogen-bond acceptors (Lipinski definition) is 3. The Bertz CT molecular complexity index is 589. The Morgan fingerprint density at radius 3 is 2.87 bits per heavy atom. The van der Waals surface area contributed by atoms with E-state index >= 15 is 0 Å². The van der Waals surface area contributed by atoms with Crippen LogP contribution >= 0.6 is 0 Å². The standard InChI is InChI=1S/C19H26N2O2/c1-2-8-17-13-19(23-15-16-9-4-3-5-10-16)21(20-17)14-18-11-6-7-12-22-18/h3-5,9-10,13,18H,2,6-8,11-12,14-15H2,1H3. The topological polar surface area (TPSA) is 36.3 Å². The molecule has 1 aromatic heterocycles. The molecule has 1 fully saturated rings. The number of benzene rings is 1. The number of ether oxygens (including phenoxy) is 2. The van der Waals surface area contributed by atoms with Crippen LogP contribution in [0.4, 0.5) is 0 Å². The number of aryl methyl sites for hydroxylation is 1. The first-order chi connectivity index (χ1) is 11.3. The average molecular weight is 314 g/mol. The highest BCUT2D eigenvalue weighted by molar-refractivity contribution is 5.19. The normalized spacial score (nSPS) is 18.0. The first-order valence-corrected chi connectivity index (χ1v) is 8.70. The lowest BCUT2D eigenvalue weighted by molar-refractivity contribution is 0.00230. The molecular weight excluding hydrogens is 288 g/mol. The van der Waals surface area contributed by atoms with Crippen LogP contribution in [0, 0.1) is 0 Å². The van der Waals surface area contributed by atoms with Crippen LogP contribution in [0.1, 0.15) is 43.9 Å². The van der Waals surface area contributed by atoms with Crippen LogP contribution in [0.5, 0.6) is 5.88 Å². The number of aromatic nitrogens is 2. The average Bonchev–Trinajstić information content (AvgIpc) is 2.97. The summed E-state index contributed by atoms with van der Waals surface area (Å²) in [6.45, 7) is 4.40. The summed E-state index contributed by atoms with van der Waals surface area (Å²) in [5, 5.41) is 4.72. The fraction of sp³-hybridized carbons (Fsp3) is 0.526. The monoisotopic (exact) mass is 314 g/mol. The highest BCUT2D eigenvalue weighted by atomic mass is 16.5. The van der Waals surface area contributed by atoms with Crippen molar-refractivity contribution < 1.29 is 9.47 Å². The summed E-state index contributed by atoms with van der Waals surface area (Å²) in [5.74, 6) is 0.853. The van der Waals surface area contributed by atoms with Crippen molar-refractivity contribution in [3.63, 3.8) is 0 Å². The molecule has 1 unspecified atom stereocenters. The van der Waals surface area contributed by atoms with E-state index in [1.165, 1.54) is 18.4 Å². The van der Waals surface area contributed by atoms with E-state index in [0.29, 0.717) is 6.61 Å². The van der Waals surface area contributed by atoms with Crippen molar-refractivity contribution in [1.82, 2.24) is 9.78 Å². The van der Waals surface area contributed by atoms with E-state index in [-0.39, 0.29) is 6.10 Å². The summed E-state index contributed by atoms with van der Waals surface area (Å²) in [4.78, 5) is 0. The number of rotatable bonds is 7. The van der Waals surface area contributed by atoms with Gasteiger partial charge in [0.25, 0.3) is 0 Å². The number of hydrogen-bond donors (Lipinski definition) is 0. The van der Waals surface area contributed by atoms with E-state index in [1.54, 1.807) is 0 Å². The maximum atomic E-state index is 6.04. The molecule has 0 saturated carbocycles. The molecule has 1 saturated heterocycles. The fourth-order valence-electron chi connectivity index (χ4n) is 2.95. The maximum Gasteiger partial charge on any atom is 0.212 e. The molecule has 124 valence electrons. The minimum Gasteiger partial charge on any atom is -0.473 e. The second-order valence-electron chi connectivity index (χ2n) is 6.17. The largest absolute Gasteiger partial charge is 0.473 e. The first kappa shape index (κ1) is 16.1. The van der Waals surface area contributed by atoms with Gasteiger partial charge in [-0.1, -0.05) is 43.7 Å². The predicted octanol–water partition coefficient (Wildman–Crippen LogP) is 3.98. The first-order valence-electron chi connectivity index (χ1n) is 8.70. The van der Waals surface area contributed by atoms with Crippen molar-refractivity contribution in [3.05, 3.63) is 47.7 Å². The Kier molecular flexibility index (Phi) is 5.70. The summed E-state index contributed by atoms with van der Waals surface area (Å²) in [6.07, 6.45) is 5.87. The zero-order valence-corrected chi connectivity index (χ0v) is 13.9. The van der Waals surface area contributed by atoms with E-state index < -0.39 is 0 Å². The molecule has 1 aliphatic rings. The van der Waals surface area contributed by atoms with Crippen LogP contribution in [0.15, 0.2) is 36.4 Å². The molecule has 4 heteroatoms. The molecule has 1 atom stereocenters. The summed E-state index contributed by atoms with van der Waals surface area (Å²) >= 11 is 0. The molecule has 0 N–H and O–H groups in total. The zero-order chi connectivity index (χ0) is 15.9. The minimum absolute atomic E-state index is 0.261. The molecule has 0 spiro atoms. The molecule has 23 heavy (non-hydrogen) atoms. The lowest BCUT2D eigenvalue weighted by Crippen LogP contribution is -2.25. The van der Waals surface area contributed by atoms with Crippen molar-refractivity contribution >= 4 is 0 Å². The van der Waals surface area contributed by atoms with Gasteiger partial charge < -0.3 is 9.47 Å². The Hall–Kier alpha value is -1.81. The molecule has 0 radical (unpaired) electrons. The van der Waals surface area contributed by atoms with E-state index in [0.717, 1.165) is 44.0 Å². The molecule has 1 aromatic carbocycles. The third kappa shape index (κ3) is 4.58. The summed E-state index contributed by atoms with van der Waals surface area (Å²) in [7, 11) is 0. The Morgan fingerprint density at radius 2 is 2.13 bits per heavy atom. The second-order valence-corrected chi connectivity index (χ2v) is 6.17. The van der Waals surface area contributed by atoms with Crippen LogP contribution in [-0.4, -0.2) is 22.5 Å². The molecule has 4 nitrogen and oxygen atoms in total. The molecule has 2 heterocycles. The lowest BCUT2D eigenvalue weighted by Gasteiger charge is -2.23. The molecule has 2 aromatic rings. The molecule has 0 amide bonds. The Labute approximate surface area is 138 Å². The second kappa shape index (κ2) is 8.16. The van der Waals surface area contributed by atoms with E-state index in [4.69, 9.17) is 14.6 Å². The molecule has 3 rings (SSSR count). The van der Waals surface area contributed by atoms with Crippen molar-refractivity contribution in [2.24, 2.45) is 0 Å². The molecule has 0 aliphatic carbocycles. The van der Waals surface area contributed by atoms with Crippen molar-refractivity contribution in [2.75, 3.05) is 6.61 Å². The smallest absolute Gasteiger partial charge is 0.212 e. The predicted molar refractivity (Wildman–Crippen MR) is 90.6 cm³/mol. The summed E-state index contributed by atoms with van der Waals surface area (Å²) in [6, 6.07) is 12.3. The van der Waals surface area contributed by atoms with Gasteiger partial charge in [-0.3, -0.25) is 0 Å². The Morgan fingerprint density at radius 1 is 1.26 bits per heavy atom. The van der Waals surface area contributed by atoms with Crippen molar-refractivity contribution in [1.29, 1.82) is 0 Å². The van der Waals surface area contributed by atoms with Gasteiger partial charge in [0.05, 0.1) is 18.3 Å². The lowest BCUT2D eigenvalue weighted by atomic mass is 10.1. The van der Waals surface area contributed by atoms with Gasteiger partial charge in [0.2, 0.25) is 5.88 Å². The zero-order valence-electron chi connectivity index (χ0n) is 13.9. The van der Waals surface area contributed by atoms with E-state index in [2.05, 4.69) is 25.1 Å². The van der Waals surface area contributed by atoms with Gasteiger partial charge >= 0.3 is 0 Å². The fourth-order valence-corrected chi connectivity index (χ4v) is 2.95. The third-order valence-corrected chi connectivity index (χ3v) is 4.18. The van der Waals surface area contributed by atoms with Crippen LogP contribution in [0.2, 0.25) is 0 Å². The van der Waals surface area contributed by atoms with Crippen molar-refractivity contribution in [2.45, 2.75) is 58.3 Å². The molecule has 0 bridgehead atoms. The Balaban J connectivity index is 1.68. The van der Waals surface area contributed by atoms with Gasteiger partial charge in [-0.15, -0.1) is 0 Å². The van der Waals surface area contributed by atoms with Gasteiger partial charge in [0.1, 0.15) is 6.61 Å². The number of nitrogens with zero attached hydrogens (tertiary/aromatic N) is 2. The van der Waals surface area contributed by atoms with Gasteiger partial charge in [-0.05, 0) is 31.2 Å². The summed E-state index contributed by atoms with van der Waals surface area (Å²) < 4.78 is 13.9.